The fourth-order valence-electron chi connectivity index (χ4n) is 0.270. The number of hydrogen-bond acceptors (Lipinski definition) is 6. The molecule has 2 atom stereocenters. The van der Waals surface area contributed by atoms with Gasteiger partial charge in [-0.25, -0.2) is 9.59 Å². The standard InChI is InChI=1S/C4H6O6.FH.2Na.H3O4P/c5-1(3(7)8)2(6)4(9)10;;;;1-5(2,3)4/h1-2,5-6H,(H,7,8)(H,9,10);1H;;;(H3,1,2,3,4)/q;;2*+1;/p-2. The molecule has 0 aromatic heterocycles. The Balaban J connectivity index is -0.0000000621. The van der Waals surface area contributed by atoms with Crippen molar-refractivity contribution in [3.05, 3.63) is 0 Å². The molecule has 98 valence electrons. The first-order chi connectivity index (χ1) is 6.46. The summed E-state index contributed by atoms with van der Waals surface area (Å²) in [6.07, 6.45) is -4.53. The van der Waals surface area contributed by atoms with E-state index in [1.807, 2.05) is 0 Å². The number of phosphoric acid groups is 1. The molecule has 0 fully saturated rings. The van der Waals surface area contributed by atoms with Gasteiger partial charge in [-0.3, -0.25) is 4.57 Å². The number of aliphatic hydroxyl groups excluding tert-OH is 2. The molecule has 0 saturated carbocycles. The van der Waals surface area contributed by atoms with Gasteiger partial charge in [0.25, 0.3) is 7.82 Å². The molecule has 6 N–H and O–H groups in total. The summed E-state index contributed by atoms with van der Waals surface area (Å²) in [5.41, 5.74) is 0. The van der Waals surface area contributed by atoms with Gasteiger partial charge >= 0.3 is 71.1 Å². The molecule has 0 rings (SSSR count). The quantitative estimate of drug-likeness (QED) is 0.215. The van der Waals surface area contributed by atoms with Crippen molar-refractivity contribution in [3.63, 3.8) is 0 Å². The van der Waals surface area contributed by atoms with Gasteiger partial charge in [0.05, 0.1) is 0 Å². The number of aliphatic hydroxyl groups is 2. The molecular formula is C4H8FNa2O10P. The van der Waals surface area contributed by atoms with E-state index in [4.69, 9.17) is 39.7 Å². The molecule has 0 radical (unpaired) electrons. The fraction of sp³-hybridized carbons (Fsp3) is 0.500. The van der Waals surface area contributed by atoms with Crippen LogP contribution in [0.2, 0.25) is 0 Å². The second-order valence-electron chi connectivity index (χ2n) is 2.06. The Kier molecular flexibility index (Phi) is 24.9. The third-order valence-electron chi connectivity index (χ3n) is 0.805. The van der Waals surface area contributed by atoms with Crippen molar-refractivity contribution in [2.24, 2.45) is 0 Å². The largest absolute Gasteiger partial charge is 1.00 e. The van der Waals surface area contributed by atoms with Crippen LogP contribution in [0, 0.1) is 0 Å². The maximum atomic E-state index is 9.77. The minimum Gasteiger partial charge on any atom is -1.00 e. The number of aliphatic carboxylic acids is 2. The molecule has 0 aliphatic carbocycles. The first-order valence-corrected chi connectivity index (χ1v) is 4.58. The van der Waals surface area contributed by atoms with Gasteiger partial charge in [-0.15, -0.1) is 0 Å². The summed E-state index contributed by atoms with van der Waals surface area (Å²) in [5.74, 6) is -3.54. The zero-order chi connectivity index (χ0) is 12.8. The van der Waals surface area contributed by atoms with E-state index in [1.165, 1.54) is 0 Å². The Morgan fingerprint density at radius 2 is 1.06 bits per heavy atom. The van der Waals surface area contributed by atoms with E-state index in [-0.39, 0.29) is 63.8 Å². The molecule has 0 spiro atoms. The fourth-order valence-corrected chi connectivity index (χ4v) is 0.270. The van der Waals surface area contributed by atoms with Crippen molar-refractivity contribution in [2.75, 3.05) is 0 Å². The van der Waals surface area contributed by atoms with Crippen LogP contribution in [0.1, 0.15) is 0 Å². The molecule has 0 aliphatic rings. The monoisotopic (exact) mass is 312 g/mol. The van der Waals surface area contributed by atoms with Gasteiger partial charge < -0.3 is 39.8 Å². The van der Waals surface area contributed by atoms with Gasteiger partial charge in [-0.2, -0.15) is 0 Å². The van der Waals surface area contributed by atoms with Gasteiger partial charge in [0.15, 0.2) is 12.2 Å². The minimum atomic E-state index is -4.89. The van der Waals surface area contributed by atoms with Crippen LogP contribution < -0.4 is 68.7 Å². The van der Waals surface area contributed by atoms with E-state index < -0.39 is 32.0 Å². The number of rotatable bonds is 3. The number of halogens is 1. The molecule has 2 unspecified atom stereocenters. The molecule has 0 saturated heterocycles. The Morgan fingerprint density at radius 1 is 0.944 bits per heavy atom. The smallest absolute Gasteiger partial charge is 1.00 e. The van der Waals surface area contributed by atoms with E-state index in [9.17, 15) is 9.59 Å². The third kappa shape index (κ3) is 25.7. The van der Waals surface area contributed by atoms with Gasteiger partial charge in [-0.05, 0) is 0 Å². The van der Waals surface area contributed by atoms with Crippen LogP contribution in [-0.4, -0.2) is 54.4 Å². The summed E-state index contributed by atoms with van der Waals surface area (Å²) in [6, 6.07) is 0. The molecule has 0 aromatic rings. The molecule has 0 aliphatic heterocycles. The average Bonchev–Trinajstić information content (AvgIpc) is 1.98. The average molecular weight is 312 g/mol. The predicted octanol–water partition coefficient (Wildman–Crippen LogP) is -12.7. The number of hydrogen-bond donors (Lipinski definition) is 6. The molecule has 0 heterocycles. The van der Waals surface area contributed by atoms with Crippen LogP contribution in [0.25, 0.3) is 0 Å². The SMILES string of the molecule is O=C(O)C(O)C(O)C(=O)O.O=P([O-])(O)O.[F-].[Na+].[Na+]. The molecule has 0 amide bonds. The van der Waals surface area contributed by atoms with E-state index in [0.29, 0.717) is 0 Å². The van der Waals surface area contributed by atoms with Gasteiger partial charge in [0.1, 0.15) is 0 Å². The summed E-state index contributed by atoms with van der Waals surface area (Å²) in [5, 5.41) is 32.5. The zero-order valence-corrected chi connectivity index (χ0v) is 14.2. The van der Waals surface area contributed by atoms with E-state index in [1.54, 1.807) is 0 Å². The normalized spacial score (nSPS) is 12.1. The zero-order valence-electron chi connectivity index (χ0n) is 9.30. The van der Waals surface area contributed by atoms with E-state index in [0.717, 1.165) is 0 Å². The minimum absolute atomic E-state index is 0. The van der Waals surface area contributed by atoms with Crippen LogP contribution in [0.15, 0.2) is 0 Å². The number of carboxylic acids is 2. The summed E-state index contributed by atoms with van der Waals surface area (Å²) < 4.78 is 8.77. The van der Waals surface area contributed by atoms with Crippen LogP contribution in [0.3, 0.4) is 0 Å². The maximum Gasteiger partial charge on any atom is 1.00 e. The van der Waals surface area contributed by atoms with E-state index in [2.05, 4.69) is 0 Å². The Morgan fingerprint density at radius 3 is 1.11 bits per heavy atom. The summed E-state index contributed by atoms with van der Waals surface area (Å²) in [6.45, 7) is 0. The van der Waals surface area contributed by atoms with Crippen LogP contribution in [-0.2, 0) is 14.2 Å². The number of carboxylic acid groups (broad SMARTS) is 2. The molecule has 0 aromatic carbocycles. The predicted molar refractivity (Wildman–Crippen MR) is 39.3 cm³/mol. The van der Waals surface area contributed by atoms with Crippen molar-refractivity contribution >= 4 is 19.8 Å². The third-order valence-corrected chi connectivity index (χ3v) is 0.805. The van der Waals surface area contributed by atoms with Crippen molar-refractivity contribution in [1.29, 1.82) is 0 Å². The van der Waals surface area contributed by atoms with Crippen molar-refractivity contribution in [1.82, 2.24) is 0 Å². The van der Waals surface area contributed by atoms with E-state index >= 15 is 0 Å². The van der Waals surface area contributed by atoms with Crippen molar-refractivity contribution < 1.29 is 113 Å². The summed E-state index contributed by atoms with van der Waals surface area (Å²) in [7, 11) is -4.89. The van der Waals surface area contributed by atoms with Gasteiger partial charge in [-0.1, -0.05) is 0 Å². The van der Waals surface area contributed by atoms with Crippen LogP contribution in [0.4, 0.5) is 0 Å². The Bertz CT molecular complexity index is 255. The second-order valence-corrected chi connectivity index (χ2v) is 3.04. The van der Waals surface area contributed by atoms with Crippen LogP contribution in [0.5, 0.6) is 0 Å². The Labute approximate surface area is 144 Å². The number of carbonyl (C=O) groups is 2. The molecule has 14 heteroatoms. The van der Waals surface area contributed by atoms with Gasteiger partial charge in [0.2, 0.25) is 0 Å². The second kappa shape index (κ2) is 14.3. The summed E-state index contributed by atoms with van der Waals surface area (Å²) >= 11 is 0. The van der Waals surface area contributed by atoms with Crippen molar-refractivity contribution in [2.45, 2.75) is 12.2 Å². The van der Waals surface area contributed by atoms with Gasteiger partial charge in [0, 0.05) is 0 Å². The first kappa shape index (κ1) is 31.3. The summed E-state index contributed by atoms with van der Waals surface area (Å²) in [4.78, 5) is 42.5. The molecule has 10 nitrogen and oxygen atoms in total. The van der Waals surface area contributed by atoms with Crippen molar-refractivity contribution in [3.8, 4) is 0 Å². The topological polar surface area (TPSA) is 196 Å². The van der Waals surface area contributed by atoms with Crippen LogP contribution >= 0.6 is 7.82 Å². The molecular weight excluding hydrogens is 304 g/mol. The molecule has 18 heavy (non-hydrogen) atoms. The maximum absolute atomic E-state index is 9.77. The first-order valence-electron chi connectivity index (χ1n) is 3.05. The molecule has 0 bridgehead atoms. The Hall–Kier alpha value is 0.900.